The van der Waals surface area contributed by atoms with E-state index in [1.54, 1.807) is 30.3 Å². The van der Waals surface area contributed by atoms with Gasteiger partial charge in [0.15, 0.2) is 0 Å². The highest BCUT2D eigenvalue weighted by Gasteiger charge is 2.18. The van der Waals surface area contributed by atoms with Crippen LogP contribution in [-0.4, -0.2) is 13.4 Å². The van der Waals surface area contributed by atoms with Crippen LogP contribution in [0, 0.1) is 0 Å². The molecule has 0 amide bonds. The Morgan fingerprint density at radius 2 is 1.87 bits per heavy atom. The van der Waals surface area contributed by atoms with E-state index >= 15 is 0 Å². The van der Waals surface area contributed by atoms with Crippen molar-refractivity contribution in [2.75, 3.05) is 0 Å². The second-order valence-corrected chi connectivity index (χ2v) is 4.71. The van der Waals surface area contributed by atoms with Crippen LogP contribution in [0.4, 0.5) is 0 Å². The fraction of sp³-hybridized carbons (Fsp3) is 0.125. The van der Waals surface area contributed by atoms with E-state index in [0.717, 1.165) is 0 Å². The minimum absolute atomic E-state index is 0.0234. The third-order valence-electron chi connectivity index (χ3n) is 1.70. The maximum Gasteiger partial charge on any atom is 0.275 e. The number of hydrogen-bond donors (Lipinski definition) is 3. The lowest BCUT2D eigenvalue weighted by atomic mass is 10.1. The molecular formula is C8H11N3O2S2. The fourth-order valence-corrected chi connectivity index (χ4v) is 1.96. The summed E-state index contributed by atoms with van der Waals surface area (Å²) < 4.78 is 23.9. The van der Waals surface area contributed by atoms with E-state index < -0.39 is 16.3 Å². The molecule has 0 bridgehead atoms. The van der Waals surface area contributed by atoms with E-state index in [2.05, 4.69) is 4.72 Å². The molecule has 0 aliphatic heterocycles. The van der Waals surface area contributed by atoms with Gasteiger partial charge in [-0.2, -0.15) is 13.1 Å². The molecule has 7 heteroatoms. The van der Waals surface area contributed by atoms with Gasteiger partial charge in [0.1, 0.15) is 0 Å². The molecule has 0 aliphatic rings. The summed E-state index contributed by atoms with van der Waals surface area (Å²) in [6, 6.07) is 7.97. The first-order valence-electron chi connectivity index (χ1n) is 4.04. The standard InChI is InChI=1S/C8H11N3O2S2/c9-8(14)7(11-15(10,12)13)6-4-2-1-3-5-6/h1-5,7,11H,(H2,9,14)(H2,10,12,13). The van der Waals surface area contributed by atoms with Crippen molar-refractivity contribution in [3.8, 4) is 0 Å². The lowest BCUT2D eigenvalue weighted by Gasteiger charge is -2.15. The summed E-state index contributed by atoms with van der Waals surface area (Å²) in [5.74, 6) is 0. The summed E-state index contributed by atoms with van der Waals surface area (Å²) in [6.45, 7) is 0. The van der Waals surface area contributed by atoms with Crippen LogP contribution in [0.3, 0.4) is 0 Å². The van der Waals surface area contributed by atoms with Gasteiger partial charge >= 0.3 is 0 Å². The molecule has 0 radical (unpaired) electrons. The van der Waals surface area contributed by atoms with Gasteiger partial charge in [0.05, 0.1) is 11.0 Å². The van der Waals surface area contributed by atoms with Crippen LogP contribution in [0.15, 0.2) is 30.3 Å². The predicted octanol–water partition coefficient (Wildman–Crippen LogP) is -0.193. The number of rotatable bonds is 4. The maximum absolute atomic E-state index is 10.9. The molecule has 1 rings (SSSR count). The van der Waals surface area contributed by atoms with Crippen LogP contribution in [0.5, 0.6) is 0 Å². The van der Waals surface area contributed by atoms with E-state index in [-0.39, 0.29) is 4.99 Å². The first-order chi connectivity index (χ1) is 6.90. The molecule has 82 valence electrons. The van der Waals surface area contributed by atoms with E-state index in [9.17, 15) is 8.42 Å². The Morgan fingerprint density at radius 3 is 2.27 bits per heavy atom. The van der Waals surface area contributed by atoms with Crippen molar-refractivity contribution in [3.63, 3.8) is 0 Å². The Bertz CT molecular complexity index is 444. The molecule has 0 heterocycles. The van der Waals surface area contributed by atoms with Gasteiger partial charge < -0.3 is 5.73 Å². The highest BCUT2D eigenvalue weighted by Crippen LogP contribution is 2.12. The Morgan fingerprint density at radius 1 is 1.33 bits per heavy atom. The normalized spacial score (nSPS) is 13.4. The summed E-state index contributed by atoms with van der Waals surface area (Å²) in [7, 11) is -3.83. The minimum atomic E-state index is -3.83. The lowest BCUT2D eigenvalue weighted by Crippen LogP contribution is -2.40. The molecule has 1 aromatic rings. The average molecular weight is 245 g/mol. The molecule has 0 fully saturated rings. The predicted molar refractivity (Wildman–Crippen MR) is 62.2 cm³/mol. The number of nitrogens with two attached hydrogens (primary N) is 2. The molecule has 0 aromatic heterocycles. The van der Waals surface area contributed by atoms with Crippen molar-refractivity contribution in [3.05, 3.63) is 35.9 Å². The first kappa shape index (κ1) is 12.1. The van der Waals surface area contributed by atoms with Crippen LogP contribution in [0.25, 0.3) is 0 Å². The maximum atomic E-state index is 10.9. The van der Waals surface area contributed by atoms with Gasteiger partial charge in [-0.3, -0.25) is 0 Å². The molecule has 0 saturated carbocycles. The zero-order valence-electron chi connectivity index (χ0n) is 7.75. The van der Waals surface area contributed by atoms with Gasteiger partial charge in [0.25, 0.3) is 10.2 Å². The van der Waals surface area contributed by atoms with Gasteiger partial charge in [0.2, 0.25) is 0 Å². The highest BCUT2D eigenvalue weighted by atomic mass is 32.2. The summed E-state index contributed by atoms with van der Waals surface area (Å²) in [6.07, 6.45) is 0. The molecule has 0 spiro atoms. The Hall–Kier alpha value is -1.02. The quantitative estimate of drug-likeness (QED) is 0.640. The van der Waals surface area contributed by atoms with Gasteiger partial charge in [-0.25, -0.2) is 5.14 Å². The average Bonchev–Trinajstić information content (AvgIpc) is 2.14. The Balaban J connectivity index is 3.00. The van der Waals surface area contributed by atoms with Gasteiger partial charge in [-0.1, -0.05) is 42.5 Å². The topological polar surface area (TPSA) is 98.2 Å². The van der Waals surface area contributed by atoms with Crippen LogP contribution in [0.2, 0.25) is 0 Å². The monoisotopic (exact) mass is 245 g/mol. The van der Waals surface area contributed by atoms with Crippen molar-refractivity contribution in [1.82, 2.24) is 4.72 Å². The van der Waals surface area contributed by atoms with Crippen LogP contribution in [0.1, 0.15) is 11.6 Å². The summed E-state index contributed by atoms with van der Waals surface area (Å²) >= 11 is 4.76. The smallest absolute Gasteiger partial charge is 0.275 e. The van der Waals surface area contributed by atoms with Gasteiger partial charge in [-0.15, -0.1) is 0 Å². The third-order valence-corrected chi connectivity index (χ3v) is 2.50. The fourth-order valence-electron chi connectivity index (χ4n) is 1.10. The number of hydrogen-bond acceptors (Lipinski definition) is 3. The number of nitrogens with one attached hydrogen (secondary N) is 1. The Kier molecular flexibility index (Phi) is 3.75. The molecule has 15 heavy (non-hydrogen) atoms. The van der Waals surface area contributed by atoms with E-state index in [4.69, 9.17) is 23.1 Å². The van der Waals surface area contributed by atoms with Crippen molar-refractivity contribution in [2.24, 2.45) is 10.9 Å². The van der Waals surface area contributed by atoms with Crippen molar-refractivity contribution < 1.29 is 8.42 Å². The minimum Gasteiger partial charge on any atom is -0.392 e. The number of thiocarbonyl (C=S) groups is 1. The molecule has 0 aliphatic carbocycles. The number of benzene rings is 1. The molecule has 1 aromatic carbocycles. The first-order valence-corrected chi connectivity index (χ1v) is 6.00. The zero-order valence-corrected chi connectivity index (χ0v) is 9.38. The van der Waals surface area contributed by atoms with E-state index in [0.29, 0.717) is 5.56 Å². The molecule has 5 N–H and O–H groups in total. The summed E-state index contributed by atoms with van der Waals surface area (Å²) in [4.78, 5) is 0.0234. The van der Waals surface area contributed by atoms with Gasteiger partial charge in [0, 0.05) is 0 Å². The zero-order chi connectivity index (χ0) is 11.5. The van der Waals surface area contributed by atoms with Crippen LogP contribution < -0.4 is 15.6 Å². The summed E-state index contributed by atoms with van der Waals surface area (Å²) in [5, 5.41) is 4.86. The van der Waals surface area contributed by atoms with Crippen molar-refractivity contribution in [2.45, 2.75) is 6.04 Å². The molecule has 0 saturated heterocycles. The summed E-state index contributed by atoms with van der Waals surface area (Å²) in [5.41, 5.74) is 6.08. The Labute approximate surface area is 93.6 Å². The second-order valence-electron chi connectivity index (χ2n) is 2.91. The van der Waals surface area contributed by atoms with Crippen LogP contribution in [-0.2, 0) is 10.2 Å². The highest BCUT2D eigenvalue weighted by molar-refractivity contribution is 7.87. The second kappa shape index (κ2) is 4.67. The van der Waals surface area contributed by atoms with Crippen LogP contribution >= 0.6 is 12.2 Å². The van der Waals surface area contributed by atoms with E-state index in [1.165, 1.54) is 0 Å². The largest absolute Gasteiger partial charge is 0.392 e. The lowest BCUT2D eigenvalue weighted by molar-refractivity contribution is 0.579. The molecule has 1 unspecified atom stereocenters. The van der Waals surface area contributed by atoms with Gasteiger partial charge in [-0.05, 0) is 5.56 Å². The SMILES string of the molecule is NC(=S)C(NS(N)(=O)=O)c1ccccc1. The molecule has 5 nitrogen and oxygen atoms in total. The van der Waals surface area contributed by atoms with Crippen molar-refractivity contribution >= 4 is 27.4 Å². The van der Waals surface area contributed by atoms with Crippen molar-refractivity contribution in [1.29, 1.82) is 0 Å². The van der Waals surface area contributed by atoms with E-state index in [1.807, 2.05) is 0 Å². The third kappa shape index (κ3) is 3.92. The molecular weight excluding hydrogens is 234 g/mol. The molecule has 1 atom stereocenters.